The first-order chi connectivity index (χ1) is 12.5. The predicted octanol–water partition coefficient (Wildman–Crippen LogP) is 5.95. The van der Waals surface area contributed by atoms with E-state index in [2.05, 4.69) is 6.92 Å². The van der Waals surface area contributed by atoms with Crippen LogP contribution in [0.4, 0.5) is 8.78 Å². The molecule has 1 aromatic rings. The Morgan fingerprint density at radius 1 is 1.08 bits per heavy atom. The molecule has 0 bridgehead atoms. The minimum atomic E-state index is -1.01. The third kappa shape index (κ3) is 3.84. The number of carbonyl (C=O) groups is 1. The summed E-state index contributed by atoms with van der Waals surface area (Å²) in [5.74, 6) is -1.46. The van der Waals surface area contributed by atoms with Crippen LogP contribution < -0.4 is 4.74 Å². The number of rotatable bonds is 5. The van der Waals surface area contributed by atoms with Crippen LogP contribution in [0.5, 0.6) is 5.75 Å². The lowest BCUT2D eigenvalue weighted by Crippen LogP contribution is -2.23. The second-order valence-corrected chi connectivity index (χ2v) is 7.70. The number of halogens is 2. The summed E-state index contributed by atoms with van der Waals surface area (Å²) in [6, 6.07) is 2.88. The number of ether oxygens (including phenoxy) is 1. The molecule has 1 saturated carbocycles. The fourth-order valence-corrected chi connectivity index (χ4v) is 4.64. The molecule has 4 heteroatoms. The highest BCUT2D eigenvalue weighted by molar-refractivity contribution is 5.97. The normalized spacial score (nSPS) is 26.5. The molecule has 3 rings (SSSR count). The molecule has 0 spiro atoms. The summed E-state index contributed by atoms with van der Waals surface area (Å²) in [6.07, 6.45) is 10.4. The van der Waals surface area contributed by atoms with Crippen molar-refractivity contribution >= 4 is 5.78 Å². The van der Waals surface area contributed by atoms with Crippen molar-refractivity contribution in [3.63, 3.8) is 0 Å². The van der Waals surface area contributed by atoms with Crippen LogP contribution in [0.15, 0.2) is 23.8 Å². The SMILES string of the molecule is CCCC1CCC(C2=CC(=O)C(c3ccc(OC)c(F)c3F)CC2)CC1. The van der Waals surface area contributed by atoms with Crippen molar-refractivity contribution in [2.45, 2.75) is 64.2 Å². The lowest BCUT2D eigenvalue weighted by molar-refractivity contribution is -0.116. The van der Waals surface area contributed by atoms with Gasteiger partial charge in [0.2, 0.25) is 5.82 Å². The quantitative estimate of drug-likeness (QED) is 0.647. The second kappa shape index (κ2) is 8.32. The van der Waals surface area contributed by atoms with Crippen LogP contribution in [0.3, 0.4) is 0 Å². The number of hydrogen-bond donors (Lipinski definition) is 0. The molecule has 0 saturated heterocycles. The number of hydrogen-bond acceptors (Lipinski definition) is 2. The van der Waals surface area contributed by atoms with E-state index in [4.69, 9.17) is 4.74 Å². The summed E-state index contributed by atoms with van der Waals surface area (Å²) in [5.41, 5.74) is 1.37. The van der Waals surface area contributed by atoms with Gasteiger partial charge in [0.05, 0.1) is 13.0 Å². The number of methoxy groups -OCH3 is 1. The molecular formula is C22H28F2O2. The highest BCUT2D eigenvalue weighted by atomic mass is 19.2. The van der Waals surface area contributed by atoms with Crippen molar-refractivity contribution in [2.75, 3.05) is 7.11 Å². The zero-order chi connectivity index (χ0) is 18.7. The summed E-state index contributed by atoms with van der Waals surface area (Å²) in [4.78, 5) is 12.6. The first-order valence-electron chi connectivity index (χ1n) is 9.81. The zero-order valence-electron chi connectivity index (χ0n) is 15.7. The molecule has 2 nitrogen and oxygen atoms in total. The van der Waals surface area contributed by atoms with Crippen molar-refractivity contribution in [1.29, 1.82) is 0 Å². The molecule has 2 aliphatic carbocycles. The van der Waals surface area contributed by atoms with Gasteiger partial charge in [-0.2, -0.15) is 4.39 Å². The molecule has 0 aliphatic heterocycles. The first kappa shape index (κ1) is 19.1. The molecule has 1 aromatic carbocycles. The molecule has 2 aliphatic rings. The molecule has 1 atom stereocenters. The Morgan fingerprint density at radius 3 is 2.42 bits per heavy atom. The summed E-state index contributed by atoms with van der Waals surface area (Å²) >= 11 is 0. The van der Waals surface area contributed by atoms with Gasteiger partial charge in [0.15, 0.2) is 17.3 Å². The Bertz CT molecular complexity index is 688. The molecule has 142 valence electrons. The maximum Gasteiger partial charge on any atom is 0.200 e. The van der Waals surface area contributed by atoms with E-state index in [1.54, 1.807) is 6.08 Å². The fourth-order valence-electron chi connectivity index (χ4n) is 4.64. The maximum atomic E-state index is 14.3. The van der Waals surface area contributed by atoms with Crippen molar-refractivity contribution < 1.29 is 18.3 Å². The minimum absolute atomic E-state index is 0.0922. The average molecular weight is 362 g/mol. The van der Waals surface area contributed by atoms with Crippen LogP contribution in [0.2, 0.25) is 0 Å². The molecule has 1 fully saturated rings. The first-order valence-corrected chi connectivity index (χ1v) is 9.81. The van der Waals surface area contributed by atoms with Crippen molar-refractivity contribution in [3.05, 3.63) is 41.0 Å². The Labute approximate surface area is 154 Å². The van der Waals surface area contributed by atoms with E-state index in [0.29, 0.717) is 12.3 Å². The number of carbonyl (C=O) groups excluding carboxylic acids is 1. The van der Waals surface area contributed by atoms with E-state index in [0.717, 1.165) is 25.2 Å². The molecule has 0 aromatic heterocycles. The molecule has 0 N–H and O–H groups in total. The monoisotopic (exact) mass is 362 g/mol. The van der Waals surface area contributed by atoms with Crippen LogP contribution >= 0.6 is 0 Å². The number of allylic oxidation sites excluding steroid dienone is 2. The molecule has 0 radical (unpaired) electrons. The lowest BCUT2D eigenvalue weighted by atomic mass is 9.72. The fraction of sp³-hybridized carbons (Fsp3) is 0.591. The van der Waals surface area contributed by atoms with Gasteiger partial charge in [-0.1, -0.05) is 31.4 Å². The van der Waals surface area contributed by atoms with Crippen LogP contribution in [0.25, 0.3) is 0 Å². The van der Waals surface area contributed by atoms with Gasteiger partial charge in [-0.15, -0.1) is 0 Å². The van der Waals surface area contributed by atoms with Gasteiger partial charge in [0.1, 0.15) is 0 Å². The van der Waals surface area contributed by atoms with E-state index in [1.807, 2.05) is 0 Å². The Kier molecular flexibility index (Phi) is 6.10. The van der Waals surface area contributed by atoms with Crippen LogP contribution in [0.1, 0.15) is 69.8 Å². The topological polar surface area (TPSA) is 26.3 Å². The van der Waals surface area contributed by atoms with Gasteiger partial charge in [-0.25, -0.2) is 4.39 Å². The van der Waals surface area contributed by atoms with Crippen LogP contribution in [-0.2, 0) is 4.79 Å². The molecular weight excluding hydrogens is 334 g/mol. The lowest BCUT2D eigenvalue weighted by Gasteiger charge is -2.32. The van der Waals surface area contributed by atoms with E-state index >= 15 is 0 Å². The van der Waals surface area contributed by atoms with Gasteiger partial charge in [0, 0.05) is 5.56 Å². The zero-order valence-corrected chi connectivity index (χ0v) is 15.7. The third-order valence-electron chi connectivity index (χ3n) is 6.13. The van der Waals surface area contributed by atoms with Gasteiger partial charge in [0.25, 0.3) is 0 Å². The number of ketones is 1. The highest BCUT2D eigenvalue weighted by Gasteiger charge is 2.32. The van der Waals surface area contributed by atoms with Crippen molar-refractivity contribution in [2.24, 2.45) is 11.8 Å². The largest absolute Gasteiger partial charge is 0.494 e. The smallest absolute Gasteiger partial charge is 0.200 e. The Hall–Kier alpha value is -1.71. The van der Waals surface area contributed by atoms with Crippen LogP contribution in [-0.4, -0.2) is 12.9 Å². The Morgan fingerprint density at radius 2 is 1.81 bits per heavy atom. The van der Waals surface area contributed by atoms with Gasteiger partial charge >= 0.3 is 0 Å². The van der Waals surface area contributed by atoms with E-state index in [9.17, 15) is 13.6 Å². The van der Waals surface area contributed by atoms with Crippen molar-refractivity contribution in [3.8, 4) is 5.75 Å². The van der Waals surface area contributed by atoms with Gasteiger partial charge in [-0.05, 0) is 62.5 Å². The van der Waals surface area contributed by atoms with Gasteiger partial charge in [-0.3, -0.25) is 4.79 Å². The maximum absolute atomic E-state index is 14.3. The molecule has 1 unspecified atom stereocenters. The summed E-state index contributed by atoms with van der Waals surface area (Å²) in [7, 11) is 1.30. The van der Waals surface area contributed by atoms with Gasteiger partial charge < -0.3 is 4.74 Å². The van der Waals surface area contributed by atoms with Crippen molar-refractivity contribution in [1.82, 2.24) is 0 Å². The van der Waals surface area contributed by atoms with Crippen LogP contribution in [0, 0.1) is 23.5 Å². The minimum Gasteiger partial charge on any atom is -0.494 e. The molecule has 0 amide bonds. The Balaban J connectivity index is 1.71. The molecule has 0 heterocycles. The third-order valence-corrected chi connectivity index (χ3v) is 6.13. The van der Waals surface area contributed by atoms with E-state index < -0.39 is 17.6 Å². The highest BCUT2D eigenvalue weighted by Crippen LogP contribution is 2.41. The van der Waals surface area contributed by atoms with E-state index in [-0.39, 0.29) is 17.1 Å². The standard InChI is InChI=1S/C22H28F2O2/c1-3-4-14-5-7-15(8-6-14)16-9-10-17(19(25)13-16)18-11-12-20(26-2)22(24)21(18)23/h11-15,17H,3-10H2,1-2H3. The summed E-state index contributed by atoms with van der Waals surface area (Å²) in [5, 5.41) is 0. The number of benzene rings is 1. The summed E-state index contributed by atoms with van der Waals surface area (Å²) in [6.45, 7) is 2.23. The van der Waals surface area contributed by atoms with E-state index in [1.165, 1.54) is 50.5 Å². The predicted molar refractivity (Wildman–Crippen MR) is 98.3 cm³/mol. The molecule has 26 heavy (non-hydrogen) atoms. The second-order valence-electron chi connectivity index (χ2n) is 7.70. The average Bonchev–Trinajstić information content (AvgIpc) is 2.65. The summed E-state index contributed by atoms with van der Waals surface area (Å²) < 4.78 is 33.1.